The van der Waals surface area contributed by atoms with E-state index < -0.39 is 9.05 Å². The maximum Gasteiger partial charge on any atom is 0.261 e. The Bertz CT molecular complexity index is 524. The molecule has 1 aromatic heterocycles. The Kier molecular flexibility index (Phi) is 2.41. The summed E-state index contributed by atoms with van der Waals surface area (Å²) in [6.45, 7) is 0. The SMILES string of the molecule is O=S(=O)(Cl)C1=CCc2ncc(Br)cc21. The third-order valence-electron chi connectivity index (χ3n) is 1.95. The van der Waals surface area contributed by atoms with Gasteiger partial charge >= 0.3 is 0 Å². The molecule has 6 heteroatoms. The van der Waals surface area contributed by atoms with Gasteiger partial charge < -0.3 is 0 Å². The monoisotopic (exact) mass is 293 g/mol. The first kappa shape index (κ1) is 10.1. The first-order valence-electron chi connectivity index (χ1n) is 3.78. The fraction of sp³-hybridized carbons (Fsp3) is 0.125. The van der Waals surface area contributed by atoms with E-state index in [0.717, 1.165) is 10.2 Å². The van der Waals surface area contributed by atoms with Crippen molar-refractivity contribution in [3.63, 3.8) is 0 Å². The molecule has 3 nitrogen and oxygen atoms in total. The van der Waals surface area contributed by atoms with Gasteiger partial charge in [0.15, 0.2) is 0 Å². The van der Waals surface area contributed by atoms with Gasteiger partial charge in [-0.05, 0) is 22.0 Å². The Morgan fingerprint density at radius 3 is 2.86 bits per heavy atom. The van der Waals surface area contributed by atoms with Crippen LogP contribution in [0.4, 0.5) is 0 Å². The highest BCUT2D eigenvalue weighted by Crippen LogP contribution is 2.33. The summed E-state index contributed by atoms with van der Waals surface area (Å²) in [7, 11) is 1.62. The van der Waals surface area contributed by atoms with Crippen LogP contribution in [0.15, 0.2) is 22.8 Å². The van der Waals surface area contributed by atoms with Crippen LogP contribution in [0.25, 0.3) is 4.91 Å². The van der Waals surface area contributed by atoms with Crippen molar-refractivity contribution in [1.29, 1.82) is 0 Å². The predicted octanol–water partition coefficient (Wildman–Crippen LogP) is 2.31. The van der Waals surface area contributed by atoms with Crippen LogP contribution in [0.5, 0.6) is 0 Å². The lowest BCUT2D eigenvalue weighted by Gasteiger charge is -2.01. The molecule has 0 amide bonds. The Balaban J connectivity index is 2.62. The number of fused-ring (bicyclic) bond motifs is 1. The molecular weight excluding hydrogens is 290 g/mol. The van der Waals surface area contributed by atoms with Gasteiger partial charge in [-0.3, -0.25) is 4.98 Å². The minimum Gasteiger partial charge on any atom is -0.259 e. The number of hydrogen-bond donors (Lipinski definition) is 0. The van der Waals surface area contributed by atoms with Gasteiger partial charge in [-0.1, -0.05) is 6.08 Å². The van der Waals surface area contributed by atoms with E-state index in [2.05, 4.69) is 20.9 Å². The van der Waals surface area contributed by atoms with E-state index in [1.165, 1.54) is 0 Å². The number of aromatic nitrogens is 1. The van der Waals surface area contributed by atoms with Crippen molar-refractivity contribution in [2.45, 2.75) is 6.42 Å². The van der Waals surface area contributed by atoms with Gasteiger partial charge in [0, 0.05) is 33.3 Å². The maximum absolute atomic E-state index is 11.2. The third-order valence-corrected chi connectivity index (χ3v) is 3.79. The summed E-state index contributed by atoms with van der Waals surface area (Å²) in [5.74, 6) is 0. The fourth-order valence-corrected chi connectivity index (χ4v) is 2.87. The molecule has 0 saturated carbocycles. The van der Waals surface area contributed by atoms with Crippen LogP contribution < -0.4 is 0 Å². The van der Waals surface area contributed by atoms with Crippen LogP contribution in [0.1, 0.15) is 11.3 Å². The van der Waals surface area contributed by atoms with E-state index in [4.69, 9.17) is 10.7 Å². The van der Waals surface area contributed by atoms with Crippen LogP contribution in [-0.2, 0) is 15.5 Å². The zero-order valence-electron chi connectivity index (χ0n) is 6.87. The number of rotatable bonds is 1. The number of allylic oxidation sites excluding steroid dienone is 1. The molecule has 74 valence electrons. The van der Waals surface area contributed by atoms with Crippen molar-refractivity contribution < 1.29 is 8.42 Å². The number of pyridine rings is 1. The van der Waals surface area contributed by atoms with Crippen LogP contribution in [-0.4, -0.2) is 13.4 Å². The first-order valence-corrected chi connectivity index (χ1v) is 6.88. The lowest BCUT2D eigenvalue weighted by Crippen LogP contribution is -1.94. The molecule has 0 fully saturated rings. The first-order chi connectivity index (χ1) is 6.48. The van der Waals surface area contributed by atoms with E-state index in [1.54, 1.807) is 18.3 Å². The van der Waals surface area contributed by atoms with Gasteiger partial charge in [0.05, 0.1) is 10.6 Å². The zero-order chi connectivity index (χ0) is 10.3. The molecule has 0 aromatic carbocycles. The Morgan fingerprint density at radius 1 is 1.50 bits per heavy atom. The second-order valence-electron chi connectivity index (χ2n) is 2.86. The Morgan fingerprint density at radius 2 is 2.21 bits per heavy atom. The van der Waals surface area contributed by atoms with Crippen molar-refractivity contribution in [2.75, 3.05) is 0 Å². The second-order valence-corrected chi connectivity index (χ2v) is 6.31. The molecule has 14 heavy (non-hydrogen) atoms. The van der Waals surface area contributed by atoms with E-state index >= 15 is 0 Å². The summed E-state index contributed by atoms with van der Waals surface area (Å²) in [6, 6.07) is 1.71. The van der Waals surface area contributed by atoms with E-state index in [0.29, 0.717) is 12.0 Å². The van der Waals surface area contributed by atoms with Crippen molar-refractivity contribution in [3.8, 4) is 0 Å². The summed E-state index contributed by atoms with van der Waals surface area (Å²) in [5, 5.41) is 0. The average molecular weight is 295 g/mol. The van der Waals surface area contributed by atoms with Crippen LogP contribution in [0.3, 0.4) is 0 Å². The largest absolute Gasteiger partial charge is 0.261 e. The second kappa shape index (κ2) is 3.32. The fourth-order valence-electron chi connectivity index (χ4n) is 1.37. The minimum absolute atomic E-state index is 0.156. The molecule has 1 aliphatic carbocycles. The standard InChI is InChI=1S/C8H5BrClNO2S/c9-5-3-6-7(11-4-5)1-2-8(6)14(10,12)13/h2-4H,1H2. The van der Waals surface area contributed by atoms with Crippen LogP contribution >= 0.6 is 26.6 Å². The molecule has 0 aliphatic heterocycles. The highest BCUT2D eigenvalue weighted by molar-refractivity contribution is 9.10. The zero-order valence-corrected chi connectivity index (χ0v) is 10.0. The van der Waals surface area contributed by atoms with E-state index in [1.807, 2.05) is 0 Å². The molecule has 2 rings (SSSR count). The molecule has 1 heterocycles. The average Bonchev–Trinajstić information content (AvgIpc) is 2.45. The van der Waals surface area contributed by atoms with Crippen molar-refractivity contribution in [2.24, 2.45) is 0 Å². The molecule has 0 radical (unpaired) electrons. The smallest absolute Gasteiger partial charge is 0.259 e. The highest BCUT2D eigenvalue weighted by Gasteiger charge is 2.24. The van der Waals surface area contributed by atoms with Gasteiger partial charge in [0.25, 0.3) is 9.05 Å². The van der Waals surface area contributed by atoms with E-state index in [-0.39, 0.29) is 4.91 Å². The number of nitrogens with zero attached hydrogens (tertiary/aromatic N) is 1. The summed E-state index contributed by atoms with van der Waals surface area (Å²) < 4.78 is 23.1. The maximum atomic E-state index is 11.2. The van der Waals surface area contributed by atoms with Crippen LogP contribution in [0, 0.1) is 0 Å². The van der Waals surface area contributed by atoms with Gasteiger partial charge in [0.1, 0.15) is 0 Å². The summed E-state index contributed by atoms with van der Waals surface area (Å²) in [4.78, 5) is 4.26. The third kappa shape index (κ3) is 1.71. The number of hydrogen-bond acceptors (Lipinski definition) is 3. The van der Waals surface area contributed by atoms with Gasteiger partial charge in [-0.15, -0.1) is 0 Å². The summed E-state index contributed by atoms with van der Waals surface area (Å²) in [5.41, 5.74) is 1.34. The van der Waals surface area contributed by atoms with Gasteiger partial charge in [-0.2, -0.15) is 0 Å². The molecule has 0 atom stereocenters. The highest BCUT2D eigenvalue weighted by atomic mass is 79.9. The molecule has 0 unspecified atom stereocenters. The lowest BCUT2D eigenvalue weighted by atomic mass is 10.2. The molecule has 0 bridgehead atoms. The van der Waals surface area contributed by atoms with Crippen molar-refractivity contribution in [3.05, 3.63) is 34.1 Å². The normalized spacial score (nSPS) is 15.1. The summed E-state index contributed by atoms with van der Waals surface area (Å²) in [6.07, 6.45) is 3.73. The van der Waals surface area contributed by atoms with Gasteiger partial charge in [0.2, 0.25) is 0 Å². The summed E-state index contributed by atoms with van der Waals surface area (Å²) >= 11 is 3.23. The van der Waals surface area contributed by atoms with Crippen molar-refractivity contribution in [1.82, 2.24) is 4.98 Å². The lowest BCUT2D eigenvalue weighted by molar-refractivity contribution is 0.618. The molecular formula is C8H5BrClNO2S. The number of halogens is 2. The van der Waals surface area contributed by atoms with E-state index in [9.17, 15) is 8.42 Å². The molecule has 0 saturated heterocycles. The van der Waals surface area contributed by atoms with Gasteiger partial charge in [-0.25, -0.2) is 8.42 Å². The molecule has 0 spiro atoms. The molecule has 1 aromatic rings. The van der Waals surface area contributed by atoms with Crippen molar-refractivity contribution >= 4 is 40.6 Å². The minimum atomic E-state index is -3.66. The Labute approximate surface area is 94.4 Å². The Hall–Kier alpha value is -0.390. The van der Waals surface area contributed by atoms with Crippen LogP contribution in [0.2, 0.25) is 0 Å². The molecule has 1 aliphatic rings. The predicted molar refractivity (Wildman–Crippen MR) is 58.4 cm³/mol. The topological polar surface area (TPSA) is 47.0 Å². The molecule has 0 N–H and O–H groups in total. The quantitative estimate of drug-likeness (QED) is 0.747.